The molecule has 2 fully saturated rings. The number of rotatable bonds is 4. The van der Waals surface area contributed by atoms with Gasteiger partial charge in [0.25, 0.3) is 0 Å². The number of hydrogen-bond donors (Lipinski definition) is 2. The summed E-state index contributed by atoms with van der Waals surface area (Å²) in [7, 11) is 1.90. The molecule has 2 saturated heterocycles. The van der Waals surface area contributed by atoms with Crippen LogP contribution in [-0.2, 0) is 11.8 Å². The first-order valence-electron chi connectivity index (χ1n) is 9.80. The summed E-state index contributed by atoms with van der Waals surface area (Å²) in [5.74, 6) is 0.106. The summed E-state index contributed by atoms with van der Waals surface area (Å²) in [6.07, 6.45) is 7.21. The maximum atomic E-state index is 12.6. The van der Waals surface area contributed by atoms with Crippen molar-refractivity contribution in [1.82, 2.24) is 15.1 Å². The van der Waals surface area contributed by atoms with Crippen molar-refractivity contribution in [1.29, 1.82) is 0 Å². The van der Waals surface area contributed by atoms with E-state index < -0.39 is 0 Å². The number of piperidine rings is 1. The van der Waals surface area contributed by atoms with Crippen LogP contribution < -0.4 is 20.4 Å². The van der Waals surface area contributed by atoms with Crippen LogP contribution in [0.1, 0.15) is 25.7 Å². The zero-order chi connectivity index (χ0) is 19.5. The average Bonchev–Trinajstić information content (AvgIpc) is 3.31. The molecule has 3 heterocycles. The number of aryl methyl sites for hydroxylation is 1. The maximum Gasteiger partial charge on any atom is 0.319 e. The van der Waals surface area contributed by atoms with Gasteiger partial charge < -0.3 is 20.4 Å². The Morgan fingerprint density at radius 2 is 2.07 bits per heavy atom. The Balaban J connectivity index is 1.39. The fourth-order valence-corrected chi connectivity index (χ4v) is 3.96. The summed E-state index contributed by atoms with van der Waals surface area (Å²) in [5, 5.41) is 10.2. The van der Waals surface area contributed by atoms with E-state index in [0.717, 1.165) is 43.7 Å². The first-order valence-corrected chi connectivity index (χ1v) is 9.80. The normalized spacial score (nSPS) is 19.8. The molecule has 8 nitrogen and oxygen atoms in total. The number of anilines is 3. The Hall–Kier alpha value is -3.03. The minimum atomic E-state index is -0.239. The number of amides is 3. The molecular weight excluding hydrogens is 356 g/mol. The highest BCUT2D eigenvalue weighted by molar-refractivity contribution is 6.01. The van der Waals surface area contributed by atoms with E-state index in [1.807, 2.05) is 43.7 Å². The summed E-state index contributed by atoms with van der Waals surface area (Å²) in [6, 6.07) is 7.29. The molecule has 2 aliphatic heterocycles. The second kappa shape index (κ2) is 7.92. The number of nitrogens with one attached hydrogen (secondary N) is 2. The highest BCUT2D eigenvalue weighted by atomic mass is 16.2. The van der Waals surface area contributed by atoms with Gasteiger partial charge in [-0.05, 0) is 31.4 Å². The van der Waals surface area contributed by atoms with Crippen LogP contribution in [0.5, 0.6) is 0 Å². The molecule has 28 heavy (non-hydrogen) atoms. The molecule has 3 amide bonds. The number of aromatic nitrogens is 2. The first-order chi connectivity index (χ1) is 13.6. The van der Waals surface area contributed by atoms with E-state index in [1.165, 1.54) is 0 Å². The predicted molar refractivity (Wildman–Crippen MR) is 109 cm³/mol. The Kier molecular flexibility index (Phi) is 5.18. The Bertz CT molecular complexity index is 864. The molecule has 0 aliphatic carbocycles. The Morgan fingerprint density at radius 1 is 1.21 bits per heavy atom. The van der Waals surface area contributed by atoms with Crippen molar-refractivity contribution < 1.29 is 9.59 Å². The summed E-state index contributed by atoms with van der Waals surface area (Å²) in [4.78, 5) is 28.7. The highest BCUT2D eigenvalue weighted by Crippen LogP contribution is 2.29. The topological polar surface area (TPSA) is 82.5 Å². The summed E-state index contributed by atoms with van der Waals surface area (Å²) in [5.41, 5.74) is 2.50. The van der Waals surface area contributed by atoms with Crippen LogP contribution in [0.25, 0.3) is 0 Å². The van der Waals surface area contributed by atoms with Crippen LogP contribution in [0.4, 0.5) is 21.9 Å². The third kappa shape index (κ3) is 3.95. The van der Waals surface area contributed by atoms with E-state index in [-0.39, 0.29) is 18.0 Å². The molecule has 2 N–H and O–H groups in total. The Labute approximate surface area is 164 Å². The summed E-state index contributed by atoms with van der Waals surface area (Å²) < 4.78 is 1.79. The molecular formula is C20H26N6O2. The molecule has 1 atom stereocenters. The van der Waals surface area contributed by atoms with Gasteiger partial charge in [-0.25, -0.2) is 4.79 Å². The van der Waals surface area contributed by atoms with Crippen molar-refractivity contribution in [3.8, 4) is 0 Å². The zero-order valence-electron chi connectivity index (χ0n) is 16.1. The predicted octanol–water partition coefficient (Wildman–Crippen LogP) is 2.34. The molecule has 0 bridgehead atoms. The molecule has 2 aliphatic rings. The minimum absolute atomic E-state index is 0.0644. The van der Waals surface area contributed by atoms with E-state index in [0.29, 0.717) is 18.7 Å². The number of benzene rings is 1. The second-order valence-corrected chi connectivity index (χ2v) is 7.42. The van der Waals surface area contributed by atoms with Crippen LogP contribution in [0, 0.1) is 0 Å². The van der Waals surface area contributed by atoms with Crippen LogP contribution in [0.15, 0.2) is 36.7 Å². The fraction of sp³-hybridized carbons (Fsp3) is 0.450. The molecule has 8 heteroatoms. The molecule has 1 aromatic carbocycles. The quantitative estimate of drug-likeness (QED) is 0.850. The standard InChI is InChI=1S/C20H26N6O2/c1-24-14-16(12-21-24)25-10-4-6-15(13-25)22-20(28)23-17-7-2-3-8-18(17)26-11-5-9-19(26)27/h2-3,7-8,12,14-15H,4-6,9-11,13H2,1H3,(H2,22,23,28). The van der Waals surface area contributed by atoms with Gasteiger partial charge in [-0.1, -0.05) is 12.1 Å². The number of nitrogens with zero attached hydrogens (tertiary/aromatic N) is 4. The van der Waals surface area contributed by atoms with E-state index in [2.05, 4.69) is 20.6 Å². The Morgan fingerprint density at radius 3 is 2.82 bits per heavy atom. The van der Waals surface area contributed by atoms with Gasteiger partial charge in [0, 0.05) is 45.3 Å². The lowest BCUT2D eigenvalue weighted by Crippen LogP contribution is -2.49. The van der Waals surface area contributed by atoms with Crippen LogP contribution in [0.3, 0.4) is 0 Å². The monoisotopic (exact) mass is 382 g/mol. The molecule has 0 radical (unpaired) electrons. The number of hydrogen-bond acceptors (Lipinski definition) is 4. The van der Waals surface area contributed by atoms with Gasteiger partial charge in [-0.2, -0.15) is 5.10 Å². The smallest absolute Gasteiger partial charge is 0.319 e. The van der Waals surface area contributed by atoms with Gasteiger partial charge in [-0.3, -0.25) is 9.48 Å². The highest BCUT2D eigenvalue weighted by Gasteiger charge is 2.25. The van der Waals surface area contributed by atoms with E-state index in [1.54, 1.807) is 9.58 Å². The molecule has 4 rings (SSSR count). The van der Waals surface area contributed by atoms with E-state index >= 15 is 0 Å². The first kappa shape index (κ1) is 18.3. The van der Waals surface area contributed by atoms with Gasteiger partial charge in [0.05, 0.1) is 23.3 Å². The third-order valence-corrected chi connectivity index (χ3v) is 5.33. The lowest BCUT2D eigenvalue weighted by Gasteiger charge is -2.33. The van der Waals surface area contributed by atoms with Crippen LogP contribution >= 0.6 is 0 Å². The molecule has 0 saturated carbocycles. The van der Waals surface area contributed by atoms with Gasteiger partial charge in [0.1, 0.15) is 0 Å². The van der Waals surface area contributed by atoms with E-state index in [4.69, 9.17) is 0 Å². The minimum Gasteiger partial charge on any atom is -0.367 e. The van der Waals surface area contributed by atoms with Crippen LogP contribution in [-0.4, -0.2) is 47.4 Å². The second-order valence-electron chi connectivity index (χ2n) is 7.42. The van der Waals surface area contributed by atoms with Crippen molar-refractivity contribution in [2.45, 2.75) is 31.7 Å². The summed E-state index contributed by atoms with van der Waals surface area (Å²) in [6.45, 7) is 2.42. The molecule has 0 spiro atoms. The SMILES string of the molecule is Cn1cc(N2CCCC(NC(=O)Nc3ccccc3N3CCCC3=O)C2)cn1. The maximum absolute atomic E-state index is 12.6. The molecule has 1 unspecified atom stereocenters. The van der Waals surface area contributed by atoms with Crippen molar-refractivity contribution in [2.24, 2.45) is 7.05 Å². The lowest BCUT2D eigenvalue weighted by molar-refractivity contribution is -0.117. The van der Waals surface area contributed by atoms with Gasteiger partial charge in [-0.15, -0.1) is 0 Å². The molecule has 2 aromatic rings. The van der Waals surface area contributed by atoms with E-state index in [9.17, 15) is 9.59 Å². The van der Waals surface area contributed by atoms with Gasteiger partial charge in [0.15, 0.2) is 0 Å². The van der Waals surface area contributed by atoms with Gasteiger partial charge in [0.2, 0.25) is 5.91 Å². The van der Waals surface area contributed by atoms with Crippen molar-refractivity contribution in [3.63, 3.8) is 0 Å². The number of carbonyl (C=O) groups excluding carboxylic acids is 2. The number of carbonyl (C=O) groups is 2. The average molecular weight is 382 g/mol. The third-order valence-electron chi connectivity index (χ3n) is 5.33. The largest absolute Gasteiger partial charge is 0.367 e. The van der Waals surface area contributed by atoms with Gasteiger partial charge >= 0.3 is 6.03 Å². The fourth-order valence-electron chi connectivity index (χ4n) is 3.96. The van der Waals surface area contributed by atoms with Crippen molar-refractivity contribution >= 4 is 29.0 Å². The van der Waals surface area contributed by atoms with Crippen LogP contribution in [0.2, 0.25) is 0 Å². The molecule has 1 aromatic heterocycles. The zero-order valence-corrected chi connectivity index (χ0v) is 16.1. The molecule has 148 valence electrons. The van der Waals surface area contributed by atoms with Crippen molar-refractivity contribution in [2.75, 3.05) is 34.8 Å². The van der Waals surface area contributed by atoms with Crippen molar-refractivity contribution in [3.05, 3.63) is 36.7 Å². The number of para-hydroxylation sites is 2. The lowest BCUT2D eigenvalue weighted by atomic mass is 10.1. The summed E-state index contributed by atoms with van der Waals surface area (Å²) >= 11 is 0. The number of urea groups is 1.